The molecule has 0 radical (unpaired) electrons. The zero-order valence-corrected chi connectivity index (χ0v) is 16.2. The van der Waals surface area contributed by atoms with Crippen molar-refractivity contribution in [2.45, 2.75) is 52.9 Å². The summed E-state index contributed by atoms with van der Waals surface area (Å²) in [5.74, 6) is 0.296. The Hall–Kier alpha value is -1.14. The highest BCUT2D eigenvalue weighted by molar-refractivity contribution is 7.80. The summed E-state index contributed by atoms with van der Waals surface area (Å²) in [5.41, 5.74) is 0.552. The molecule has 0 aliphatic rings. The van der Waals surface area contributed by atoms with E-state index in [9.17, 15) is 4.79 Å². The standard InChI is InChI=1S/C17H28N2O2S2/c1-5-8-9-12(6-2)11-18-17(22)19-15-14(16(20)21-4)10-13(7-3)23-15/h10,12H,5-9,11H2,1-4H3,(H2,18,19,22). The van der Waals surface area contributed by atoms with Crippen molar-refractivity contribution in [2.24, 2.45) is 5.92 Å². The van der Waals surface area contributed by atoms with E-state index in [1.165, 1.54) is 26.4 Å². The molecule has 1 aromatic rings. The van der Waals surface area contributed by atoms with Crippen LogP contribution in [0.15, 0.2) is 6.07 Å². The van der Waals surface area contributed by atoms with Crippen molar-refractivity contribution in [3.8, 4) is 0 Å². The molecule has 1 heterocycles. The molecule has 0 amide bonds. The minimum Gasteiger partial charge on any atom is -0.465 e. The van der Waals surface area contributed by atoms with E-state index in [1.54, 1.807) is 11.3 Å². The van der Waals surface area contributed by atoms with Crippen LogP contribution in [0.1, 0.15) is 61.7 Å². The van der Waals surface area contributed by atoms with Crippen LogP contribution in [0.3, 0.4) is 0 Å². The van der Waals surface area contributed by atoms with Crippen LogP contribution in [0.25, 0.3) is 0 Å². The SMILES string of the molecule is CCCCC(CC)CNC(=S)Nc1sc(CC)cc1C(=O)OC. The van der Waals surface area contributed by atoms with Crippen molar-refractivity contribution < 1.29 is 9.53 Å². The molecule has 0 saturated heterocycles. The molecular formula is C17H28N2O2S2. The Morgan fingerprint density at radius 3 is 2.70 bits per heavy atom. The molecule has 0 bridgehead atoms. The molecule has 6 heteroatoms. The van der Waals surface area contributed by atoms with E-state index >= 15 is 0 Å². The van der Waals surface area contributed by atoms with Gasteiger partial charge in [-0.3, -0.25) is 0 Å². The summed E-state index contributed by atoms with van der Waals surface area (Å²) < 4.78 is 4.84. The second-order valence-corrected chi connectivity index (χ2v) is 7.10. The predicted molar refractivity (Wildman–Crippen MR) is 103 cm³/mol. The fourth-order valence-electron chi connectivity index (χ4n) is 2.30. The third kappa shape index (κ3) is 6.47. The van der Waals surface area contributed by atoms with Crippen LogP contribution >= 0.6 is 23.6 Å². The fourth-order valence-corrected chi connectivity index (χ4v) is 3.54. The molecule has 0 aliphatic carbocycles. The number of nitrogens with one attached hydrogen (secondary N) is 2. The molecule has 4 nitrogen and oxygen atoms in total. The number of hydrogen-bond acceptors (Lipinski definition) is 4. The largest absolute Gasteiger partial charge is 0.465 e. The van der Waals surface area contributed by atoms with Gasteiger partial charge in [0.15, 0.2) is 5.11 Å². The summed E-state index contributed by atoms with van der Waals surface area (Å²) in [5, 5.41) is 7.75. The number of carbonyl (C=O) groups excluding carboxylic acids is 1. The van der Waals surface area contributed by atoms with E-state index in [0.29, 0.717) is 16.6 Å². The first-order chi connectivity index (χ1) is 11.0. The minimum atomic E-state index is -0.333. The summed E-state index contributed by atoms with van der Waals surface area (Å²) >= 11 is 6.92. The lowest BCUT2D eigenvalue weighted by Crippen LogP contribution is -2.32. The van der Waals surface area contributed by atoms with Gasteiger partial charge in [0, 0.05) is 11.4 Å². The number of esters is 1. The van der Waals surface area contributed by atoms with Gasteiger partial charge < -0.3 is 15.4 Å². The number of rotatable bonds is 9. The third-order valence-corrected chi connectivity index (χ3v) is 5.30. The molecule has 23 heavy (non-hydrogen) atoms. The molecule has 0 aliphatic heterocycles. The van der Waals surface area contributed by atoms with Crippen molar-refractivity contribution in [1.29, 1.82) is 0 Å². The lowest BCUT2D eigenvalue weighted by Gasteiger charge is -2.17. The summed E-state index contributed by atoms with van der Waals surface area (Å²) in [6.07, 6.45) is 5.71. The molecule has 2 N–H and O–H groups in total. The van der Waals surface area contributed by atoms with Gasteiger partial charge in [0.05, 0.1) is 12.7 Å². The third-order valence-electron chi connectivity index (χ3n) is 3.86. The zero-order valence-electron chi connectivity index (χ0n) is 14.5. The maximum Gasteiger partial charge on any atom is 0.340 e. The highest BCUT2D eigenvalue weighted by atomic mass is 32.1. The Labute approximate surface area is 149 Å². The number of thiocarbonyl (C=S) groups is 1. The van der Waals surface area contributed by atoms with Crippen LogP contribution in [0.5, 0.6) is 0 Å². The number of aryl methyl sites for hydroxylation is 1. The van der Waals surface area contributed by atoms with E-state index in [1.807, 2.05) is 6.07 Å². The average Bonchev–Trinajstić information content (AvgIpc) is 2.97. The monoisotopic (exact) mass is 356 g/mol. The molecule has 0 spiro atoms. The van der Waals surface area contributed by atoms with E-state index in [-0.39, 0.29) is 5.97 Å². The van der Waals surface area contributed by atoms with Gasteiger partial charge in [0.25, 0.3) is 0 Å². The van der Waals surface area contributed by atoms with Gasteiger partial charge in [-0.05, 0) is 37.0 Å². The van der Waals surface area contributed by atoms with Crippen LogP contribution in [-0.2, 0) is 11.2 Å². The number of hydrogen-bond donors (Lipinski definition) is 2. The number of methoxy groups -OCH3 is 1. The van der Waals surface area contributed by atoms with E-state index in [0.717, 1.165) is 29.3 Å². The molecule has 1 unspecified atom stereocenters. The van der Waals surface area contributed by atoms with Crippen molar-refractivity contribution in [2.75, 3.05) is 19.0 Å². The van der Waals surface area contributed by atoms with E-state index < -0.39 is 0 Å². The smallest absolute Gasteiger partial charge is 0.340 e. The van der Waals surface area contributed by atoms with E-state index in [2.05, 4.69) is 31.4 Å². The Kier molecular flexibility index (Phi) is 9.17. The predicted octanol–water partition coefficient (Wildman–Crippen LogP) is 4.60. The van der Waals surface area contributed by atoms with Gasteiger partial charge >= 0.3 is 5.97 Å². The number of unbranched alkanes of at least 4 members (excludes halogenated alkanes) is 1. The zero-order chi connectivity index (χ0) is 17.2. The fraction of sp³-hybridized carbons (Fsp3) is 0.647. The topological polar surface area (TPSA) is 50.4 Å². The van der Waals surface area contributed by atoms with Crippen molar-refractivity contribution in [3.05, 3.63) is 16.5 Å². The van der Waals surface area contributed by atoms with E-state index in [4.69, 9.17) is 17.0 Å². The summed E-state index contributed by atoms with van der Waals surface area (Å²) in [7, 11) is 1.39. The second kappa shape index (κ2) is 10.6. The van der Waals surface area contributed by atoms with Crippen LogP contribution in [0.2, 0.25) is 0 Å². The molecule has 1 aromatic heterocycles. The number of anilines is 1. The molecule has 1 rings (SSSR count). The van der Waals surface area contributed by atoms with Gasteiger partial charge in [-0.15, -0.1) is 11.3 Å². The summed E-state index contributed by atoms with van der Waals surface area (Å²) in [6.45, 7) is 7.35. The quantitative estimate of drug-likeness (QED) is 0.500. The molecule has 130 valence electrons. The second-order valence-electron chi connectivity index (χ2n) is 5.55. The van der Waals surface area contributed by atoms with Crippen LogP contribution in [-0.4, -0.2) is 24.7 Å². The van der Waals surface area contributed by atoms with Gasteiger partial charge in [-0.25, -0.2) is 4.79 Å². The summed E-state index contributed by atoms with van der Waals surface area (Å²) in [6, 6.07) is 1.87. The van der Waals surface area contributed by atoms with Gasteiger partial charge in [-0.2, -0.15) is 0 Å². The number of ether oxygens (including phenoxy) is 1. The Balaban J connectivity index is 2.62. The molecular weight excluding hydrogens is 328 g/mol. The molecule has 0 fully saturated rings. The van der Waals surface area contributed by atoms with Crippen molar-refractivity contribution in [1.82, 2.24) is 5.32 Å². The lowest BCUT2D eigenvalue weighted by atomic mass is 9.99. The maximum atomic E-state index is 11.9. The lowest BCUT2D eigenvalue weighted by molar-refractivity contribution is 0.0602. The first-order valence-electron chi connectivity index (χ1n) is 8.31. The summed E-state index contributed by atoms with van der Waals surface area (Å²) in [4.78, 5) is 13.0. The molecule has 1 atom stereocenters. The Morgan fingerprint density at radius 1 is 1.39 bits per heavy atom. The Bertz CT molecular complexity index is 515. The minimum absolute atomic E-state index is 0.333. The number of carbonyl (C=O) groups is 1. The first-order valence-corrected chi connectivity index (χ1v) is 9.53. The van der Waals surface area contributed by atoms with Crippen LogP contribution in [0, 0.1) is 5.92 Å². The average molecular weight is 357 g/mol. The van der Waals surface area contributed by atoms with Crippen molar-refractivity contribution >= 4 is 39.6 Å². The first kappa shape index (κ1) is 19.9. The molecule has 0 aromatic carbocycles. The van der Waals surface area contributed by atoms with Gasteiger partial charge in [-0.1, -0.05) is 40.0 Å². The highest BCUT2D eigenvalue weighted by Gasteiger charge is 2.17. The number of thiophene rings is 1. The van der Waals surface area contributed by atoms with Crippen LogP contribution in [0.4, 0.5) is 5.00 Å². The normalized spacial score (nSPS) is 11.8. The van der Waals surface area contributed by atoms with Crippen LogP contribution < -0.4 is 10.6 Å². The Morgan fingerprint density at radius 2 is 2.13 bits per heavy atom. The maximum absolute atomic E-state index is 11.9. The molecule has 0 saturated carbocycles. The van der Waals surface area contributed by atoms with Crippen molar-refractivity contribution in [3.63, 3.8) is 0 Å². The highest BCUT2D eigenvalue weighted by Crippen LogP contribution is 2.29. The van der Waals surface area contributed by atoms with Gasteiger partial charge in [0.1, 0.15) is 5.00 Å². The van der Waals surface area contributed by atoms with Gasteiger partial charge in [0.2, 0.25) is 0 Å².